The summed E-state index contributed by atoms with van der Waals surface area (Å²) in [4.78, 5) is 0. The lowest BCUT2D eigenvalue weighted by Crippen LogP contribution is -2.24. The molecular formula is C8H10BrF3N2O2. The number of hydrogen-bond donors (Lipinski definition) is 1. The van der Waals surface area contributed by atoms with Crippen molar-refractivity contribution in [3.05, 3.63) is 16.4 Å². The molecule has 8 heteroatoms. The maximum absolute atomic E-state index is 12.4. The molecule has 0 saturated heterocycles. The van der Waals surface area contributed by atoms with Crippen LogP contribution in [0.15, 0.2) is 10.7 Å². The van der Waals surface area contributed by atoms with Gasteiger partial charge in [0.15, 0.2) is 6.10 Å². The number of alkyl halides is 3. The average molecular weight is 303 g/mol. The minimum Gasteiger partial charge on any atom is -0.383 e. The van der Waals surface area contributed by atoms with Crippen LogP contribution in [0.5, 0.6) is 0 Å². The van der Waals surface area contributed by atoms with Crippen molar-refractivity contribution in [2.45, 2.75) is 18.8 Å². The molecule has 0 aliphatic rings. The Morgan fingerprint density at radius 3 is 2.75 bits per heavy atom. The minimum atomic E-state index is -4.71. The second-order valence-corrected chi connectivity index (χ2v) is 3.89. The van der Waals surface area contributed by atoms with Gasteiger partial charge in [-0.25, -0.2) is 0 Å². The molecule has 1 N–H and O–H groups in total. The summed E-state index contributed by atoms with van der Waals surface area (Å²) < 4.78 is 43.0. The summed E-state index contributed by atoms with van der Waals surface area (Å²) in [6.45, 7) is 0.357. The SMILES string of the molecule is COCCn1ncc(Br)c1[C@@H](O)C(F)(F)F. The molecule has 16 heavy (non-hydrogen) atoms. The zero-order chi connectivity index (χ0) is 12.3. The number of aliphatic hydroxyl groups excluding tert-OH is 1. The predicted molar refractivity (Wildman–Crippen MR) is 52.8 cm³/mol. The quantitative estimate of drug-likeness (QED) is 0.924. The lowest BCUT2D eigenvalue weighted by Gasteiger charge is -2.16. The highest BCUT2D eigenvalue weighted by atomic mass is 79.9. The molecule has 0 fully saturated rings. The van der Waals surface area contributed by atoms with Crippen LogP contribution in [-0.2, 0) is 11.3 Å². The molecule has 1 heterocycles. The molecule has 0 aliphatic heterocycles. The lowest BCUT2D eigenvalue weighted by molar-refractivity contribution is -0.209. The fourth-order valence-corrected chi connectivity index (χ4v) is 1.67. The Balaban J connectivity index is 2.97. The van der Waals surface area contributed by atoms with Gasteiger partial charge in [-0.1, -0.05) is 0 Å². The van der Waals surface area contributed by atoms with Gasteiger partial charge in [0.2, 0.25) is 0 Å². The van der Waals surface area contributed by atoms with E-state index < -0.39 is 12.3 Å². The first-order valence-corrected chi connectivity index (χ1v) is 5.12. The third kappa shape index (κ3) is 2.96. The van der Waals surface area contributed by atoms with Gasteiger partial charge < -0.3 is 9.84 Å². The van der Waals surface area contributed by atoms with Gasteiger partial charge in [0.1, 0.15) is 0 Å². The first kappa shape index (κ1) is 13.5. The van der Waals surface area contributed by atoms with Crippen molar-refractivity contribution in [1.82, 2.24) is 9.78 Å². The molecule has 1 aromatic heterocycles. The number of methoxy groups -OCH3 is 1. The molecule has 4 nitrogen and oxygen atoms in total. The average Bonchev–Trinajstić information content (AvgIpc) is 2.54. The summed E-state index contributed by atoms with van der Waals surface area (Å²) in [5.74, 6) is 0. The molecule has 0 radical (unpaired) electrons. The topological polar surface area (TPSA) is 47.3 Å². The fraction of sp³-hybridized carbons (Fsp3) is 0.625. The Morgan fingerprint density at radius 2 is 2.25 bits per heavy atom. The maximum atomic E-state index is 12.4. The van der Waals surface area contributed by atoms with Crippen molar-refractivity contribution < 1.29 is 23.0 Å². The van der Waals surface area contributed by atoms with E-state index in [1.54, 1.807) is 0 Å². The third-order valence-corrected chi connectivity index (χ3v) is 2.52. The van der Waals surface area contributed by atoms with Gasteiger partial charge in [0.25, 0.3) is 0 Å². The van der Waals surface area contributed by atoms with Crippen LogP contribution in [0.25, 0.3) is 0 Å². The molecule has 1 atom stereocenters. The van der Waals surface area contributed by atoms with Gasteiger partial charge in [-0.2, -0.15) is 18.3 Å². The summed E-state index contributed by atoms with van der Waals surface area (Å²) >= 11 is 2.92. The summed E-state index contributed by atoms with van der Waals surface area (Å²) in [6, 6.07) is 0. The second-order valence-electron chi connectivity index (χ2n) is 3.04. The highest BCUT2D eigenvalue weighted by Crippen LogP contribution is 2.35. The first-order valence-electron chi connectivity index (χ1n) is 4.33. The summed E-state index contributed by atoms with van der Waals surface area (Å²) in [5, 5.41) is 12.9. The van der Waals surface area contributed by atoms with E-state index in [4.69, 9.17) is 9.84 Å². The Labute approximate surface area is 98.1 Å². The predicted octanol–water partition coefficient (Wildman–Crippen LogP) is 1.89. The number of hydrogen-bond acceptors (Lipinski definition) is 3. The van der Waals surface area contributed by atoms with E-state index in [-0.39, 0.29) is 23.3 Å². The molecule has 0 saturated carbocycles. The molecule has 0 aliphatic carbocycles. The second kappa shape index (κ2) is 5.15. The Morgan fingerprint density at radius 1 is 1.62 bits per heavy atom. The van der Waals surface area contributed by atoms with E-state index in [0.717, 1.165) is 4.68 Å². The Bertz CT molecular complexity index is 354. The number of aliphatic hydroxyl groups is 1. The van der Waals surface area contributed by atoms with Crippen LogP contribution in [-0.4, -0.2) is 34.8 Å². The van der Waals surface area contributed by atoms with E-state index in [1.807, 2.05) is 0 Å². The van der Waals surface area contributed by atoms with Crippen LogP contribution < -0.4 is 0 Å². The first-order chi connectivity index (χ1) is 7.38. The highest BCUT2D eigenvalue weighted by Gasteiger charge is 2.42. The standard InChI is InChI=1S/C8H10BrF3N2O2/c1-16-3-2-14-6(5(9)4-13-14)7(15)8(10,11)12/h4,7,15H,2-3H2,1H3/t7-/m1/s1. The fourth-order valence-electron chi connectivity index (χ4n) is 1.15. The smallest absolute Gasteiger partial charge is 0.383 e. The molecule has 1 rings (SSSR count). The molecule has 1 aromatic rings. The highest BCUT2D eigenvalue weighted by molar-refractivity contribution is 9.10. The molecule has 0 aromatic carbocycles. The van der Waals surface area contributed by atoms with Crippen LogP contribution in [0.4, 0.5) is 13.2 Å². The number of nitrogens with zero attached hydrogens (tertiary/aromatic N) is 2. The summed E-state index contributed by atoms with van der Waals surface area (Å²) in [5.41, 5.74) is -0.315. The molecule has 0 bridgehead atoms. The molecule has 0 amide bonds. The van der Waals surface area contributed by atoms with Gasteiger partial charge >= 0.3 is 6.18 Å². The van der Waals surface area contributed by atoms with E-state index in [1.165, 1.54) is 13.3 Å². The monoisotopic (exact) mass is 302 g/mol. The van der Waals surface area contributed by atoms with Crippen molar-refractivity contribution in [2.24, 2.45) is 0 Å². The van der Waals surface area contributed by atoms with Gasteiger partial charge in [-0.3, -0.25) is 4.68 Å². The largest absolute Gasteiger partial charge is 0.420 e. The molecule has 0 spiro atoms. The molecule has 92 valence electrons. The van der Waals surface area contributed by atoms with Gasteiger partial charge in [-0.15, -0.1) is 0 Å². The number of rotatable bonds is 4. The summed E-state index contributed by atoms with van der Waals surface area (Å²) in [6.07, 6.45) is -6.06. The zero-order valence-corrected chi connectivity index (χ0v) is 9.92. The van der Waals surface area contributed by atoms with Crippen molar-refractivity contribution in [1.29, 1.82) is 0 Å². The minimum absolute atomic E-state index is 0.119. The van der Waals surface area contributed by atoms with E-state index >= 15 is 0 Å². The van der Waals surface area contributed by atoms with E-state index in [2.05, 4.69) is 21.0 Å². The van der Waals surface area contributed by atoms with Crippen molar-refractivity contribution in [3.8, 4) is 0 Å². The van der Waals surface area contributed by atoms with Crippen molar-refractivity contribution >= 4 is 15.9 Å². The van der Waals surface area contributed by atoms with Crippen LogP contribution in [0.1, 0.15) is 11.8 Å². The van der Waals surface area contributed by atoms with Crippen LogP contribution >= 0.6 is 15.9 Å². The van der Waals surface area contributed by atoms with Crippen LogP contribution in [0.2, 0.25) is 0 Å². The third-order valence-electron chi connectivity index (χ3n) is 1.91. The zero-order valence-electron chi connectivity index (χ0n) is 8.33. The normalized spacial score (nSPS) is 14.1. The number of ether oxygens (including phenoxy) is 1. The number of aromatic nitrogens is 2. The lowest BCUT2D eigenvalue weighted by atomic mass is 10.2. The van der Waals surface area contributed by atoms with E-state index in [0.29, 0.717) is 0 Å². The molecule has 0 unspecified atom stereocenters. The maximum Gasteiger partial charge on any atom is 0.420 e. The van der Waals surface area contributed by atoms with Crippen LogP contribution in [0.3, 0.4) is 0 Å². The van der Waals surface area contributed by atoms with Crippen LogP contribution in [0, 0.1) is 0 Å². The molecular weight excluding hydrogens is 293 g/mol. The van der Waals surface area contributed by atoms with Gasteiger partial charge in [-0.05, 0) is 15.9 Å². The Kier molecular flexibility index (Phi) is 4.34. The van der Waals surface area contributed by atoms with Gasteiger partial charge in [0, 0.05) is 7.11 Å². The van der Waals surface area contributed by atoms with E-state index in [9.17, 15) is 13.2 Å². The van der Waals surface area contributed by atoms with Crippen molar-refractivity contribution in [2.75, 3.05) is 13.7 Å². The van der Waals surface area contributed by atoms with Gasteiger partial charge in [0.05, 0.1) is 29.5 Å². The number of halogens is 4. The Hall–Kier alpha value is -0.600. The summed E-state index contributed by atoms with van der Waals surface area (Å²) in [7, 11) is 1.43. The van der Waals surface area contributed by atoms with Crippen molar-refractivity contribution in [3.63, 3.8) is 0 Å².